The third-order valence-corrected chi connectivity index (χ3v) is 8.44. The highest BCUT2D eigenvalue weighted by atomic mass is 35.5. The Hall–Kier alpha value is -4.89. The minimum atomic E-state index is -0.703. The van der Waals surface area contributed by atoms with Crippen LogP contribution in [0, 0.1) is 5.82 Å². The summed E-state index contributed by atoms with van der Waals surface area (Å²) >= 11 is 13.5. The minimum absolute atomic E-state index is 0.0515. The minimum Gasteiger partial charge on any atom is -0.325 e. The number of benzene rings is 5. The van der Waals surface area contributed by atoms with Crippen LogP contribution in [0.3, 0.4) is 0 Å². The lowest BCUT2D eigenvalue weighted by molar-refractivity contribution is -0.116. The number of anilines is 2. The van der Waals surface area contributed by atoms with E-state index in [1.165, 1.54) is 36.0 Å². The van der Waals surface area contributed by atoms with Gasteiger partial charge in [-0.2, -0.15) is 0 Å². The van der Waals surface area contributed by atoms with E-state index in [1.54, 1.807) is 72.8 Å². The van der Waals surface area contributed by atoms with Gasteiger partial charge in [0.1, 0.15) is 16.8 Å². The molecule has 0 bridgehead atoms. The molecular formula is C36H26Cl2FN3O3S. The van der Waals surface area contributed by atoms with Gasteiger partial charge in [0.2, 0.25) is 5.91 Å². The Bertz CT molecular complexity index is 1870. The lowest BCUT2D eigenvalue weighted by Gasteiger charge is -2.18. The summed E-state index contributed by atoms with van der Waals surface area (Å²) in [5.74, 6) is -2.17. The summed E-state index contributed by atoms with van der Waals surface area (Å²) in [4.78, 5) is 40.7. The summed E-state index contributed by atoms with van der Waals surface area (Å²) in [7, 11) is 0. The first-order chi connectivity index (χ1) is 22.3. The van der Waals surface area contributed by atoms with Gasteiger partial charge in [-0.3, -0.25) is 14.4 Å². The van der Waals surface area contributed by atoms with Gasteiger partial charge in [-0.15, -0.1) is 11.8 Å². The molecule has 3 amide bonds. The summed E-state index contributed by atoms with van der Waals surface area (Å²) < 4.78 is 14.7. The molecule has 1 unspecified atom stereocenters. The van der Waals surface area contributed by atoms with Crippen LogP contribution in [-0.4, -0.2) is 17.7 Å². The highest BCUT2D eigenvalue weighted by Crippen LogP contribution is 2.37. The lowest BCUT2D eigenvalue weighted by Crippen LogP contribution is -2.30. The molecule has 0 fully saturated rings. The maximum atomic E-state index is 14.7. The fourth-order valence-corrected chi connectivity index (χ4v) is 5.79. The highest BCUT2D eigenvalue weighted by molar-refractivity contribution is 8.00. The normalized spacial score (nSPS) is 11.8. The Kier molecular flexibility index (Phi) is 10.9. The highest BCUT2D eigenvalue weighted by Gasteiger charge is 2.23. The molecule has 0 radical (unpaired) electrons. The summed E-state index contributed by atoms with van der Waals surface area (Å²) in [6.07, 6.45) is 1.19. The van der Waals surface area contributed by atoms with E-state index in [2.05, 4.69) is 16.0 Å². The largest absolute Gasteiger partial charge is 0.325 e. The van der Waals surface area contributed by atoms with Crippen molar-refractivity contribution >= 4 is 70.1 Å². The van der Waals surface area contributed by atoms with E-state index in [0.29, 0.717) is 26.9 Å². The van der Waals surface area contributed by atoms with Crippen LogP contribution in [0.25, 0.3) is 6.08 Å². The van der Waals surface area contributed by atoms with Crippen molar-refractivity contribution in [2.45, 2.75) is 10.1 Å². The molecule has 3 N–H and O–H groups in total. The van der Waals surface area contributed by atoms with Crippen molar-refractivity contribution in [3.8, 4) is 0 Å². The predicted molar refractivity (Wildman–Crippen MR) is 183 cm³/mol. The molecule has 0 aromatic heterocycles. The number of hydrogen-bond donors (Lipinski definition) is 3. The summed E-state index contributed by atoms with van der Waals surface area (Å²) in [6, 6.07) is 35.5. The molecular weight excluding hydrogens is 644 g/mol. The van der Waals surface area contributed by atoms with Crippen LogP contribution in [-0.2, 0) is 9.59 Å². The molecule has 0 saturated carbocycles. The quantitative estimate of drug-likeness (QED) is 0.102. The number of halogens is 3. The Balaban J connectivity index is 1.39. The summed E-state index contributed by atoms with van der Waals surface area (Å²) in [6.45, 7) is 0. The Morgan fingerprint density at radius 2 is 1.39 bits per heavy atom. The number of thioether (sulfide) groups is 1. The van der Waals surface area contributed by atoms with Crippen LogP contribution in [0.4, 0.5) is 15.8 Å². The second-order valence-electron chi connectivity index (χ2n) is 9.90. The number of amides is 3. The number of nitrogens with one attached hydrogen (secondary N) is 3. The lowest BCUT2D eigenvalue weighted by atomic mass is 10.1. The van der Waals surface area contributed by atoms with Crippen LogP contribution in [0.1, 0.15) is 26.7 Å². The van der Waals surface area contributed by atoms with Crippen molar-refractivity contribution in [2.75, 3.05) is 10.6 Å². The fourth-order valence-electron chi connectivity index (χ4n) is 4.36. The third kappa shape index (κ3) is 8.63. The predicted octanol–water partition coefficient (Wildman–Crippen LogP) is 9.01. The van der Waals surface area contributed by atoms with Gasteiger partial charge in [0, 0.05) is 32.4 Å². The first-order valence-electron chi connectivity index (χ1n) is 14.0. The van der Waals surface area contributed by atoms with E-state index in [0.717, 1.165) is 5.56 Å². The molecule has 0 saturated heterocycles. The van der Waals surface area contributed by atoms with Crippen LogP contribution < -0.4 is 16.0 Å². The summed E-state index contributed by atoms with van der Waals surface area (Å²) in [5.41, 5.74) is 1.81. The van der Waals surface area contributed by atoms with E-state index in [-0.39, 0.29) is 22.2 Å². The van der Waals surface area contributed by atoms with Crippen LogP contribution in [0.15, 0.2) is 138 Å². The van der Waals surface area contributed by atoms with E-state index >= 15 is 0 Å². The first kappa shape index (κ1) is 32.5. The SMILES string of the molecule is O=C(Nc1cccc(SC(C(=O)Nc2ccc(Cl)cc2)c2ccccc2)c1)/C(=C\c1c(F)cccc1Cl)NC(=O)c1ccccc1. The molecule has 46 heavy (non-hydrogen) atoms. The maximum absolute atomic E-state index is 14.7. The van der Waals surface area contributed by atoms with Crippen molar-refractivity contribution in [1.29, 1.82) is 0 Å². The molecule has 10 heteroatoms. The van der Waals surface area contributed by atoms with Crippen molar-refractivity contribution < 1.29 is 18.8 Å². The topological polar surface area (TPSA) is 87.3 Å². The Morgan fingerprint density at radius 1 is 0.717 bits per heavy atom. The van der Waals surface area contributed by atoms with E-state index in [4.69, 9.17) is 23.2 Å². The second kappa shape index (κ2) is 15.4. The Labute approximate surface area is 279 Å². The molecule has 0 aliphatic rings. The number of carbonyl (C=O) groups excluding carboxylic acids is 3. The van der Waals surface area contributed by atoms with Crippen molar-refractivity contribution in [3.05, 3.63) is 166 Å². The van der Waals surface area contributed by atoms with E-state index in [1.807, 2.05) is 36.4 Å². The molecule has 0 aliphatic carbocycles. The van der Waals surface area contributed by atoms with Gasteiger partial charge in [-0.25, -0.2) is 4.39 Å². The molecule has 0 spiro atoms. The molecule has 0 heterocycles. The Morgan fingerprint density at radius 3 is 2.09 bits per heavy atom. The van der Waals surface area contributed by atoms with Gasteiger partial charge in [0.15, 0.2) is 0 Å². The molecule has 1 atom stereocenters. The fraction of sp³-hybridized carbons (Fsp3) is 0.0278. The smallest absolute Gasteiger partial charge is 0.272 e. The molecule has 0 aliphatic heterocycles. The van der Waals surface area contributed by atoms with E-state index in [9.17, 15) is 18.8 Å². The number of rotatable bonds is 10. The molecule has 5 aromatic carbocycles. The van der Waals surface area contributed by atoms with Gasteiger partial charge in [-0.1, -0.05) is 83.9 Å². The zero-order valence-electron chi connectivity index (χ0n) is 24.0. The standard InChI is InChI=1S/C36H26Cl2FN3O3S/c37-25-17-19-26(20-18-25)40-36(45)33(23-9-3-1-4-10-23)46-28-14-7-13-27(21-28)41-35(44)32(22-29-30(38)15-8-16-31(29)39)42-34(43)24-11-5-2-6-12-24/h1-22,33H,(H,40,45)(H,41,44)(H,42,43)/b32-22+. The average molecular weight is 671 g/mol. The van der Waals surface area contributed by atoms with Crippen LogP contribution in [0.5, 0.6) is 0 Å². The van der Waals surface area contributed by atoms with Crippen molar-refractivity contribution in [3.63, 3.8) is 0 Å². The van der Waals surface area contributed by atoms with Gasteiger partial charge < -0.3 is 16.0 Å². The van der Waals surface area contributed by atoms with Crippen LogP contribution in [0.2, 0.25) is 10.0 Å². The third-order valence-electron chi connectivity index (χ3n) is 6.62. The number of hydrogen-bond acceptors (Lipinski definition) is 4. The number of carbonyl (C=O) groups is 3. The van der Waals surface area contributed by atoms with Gasteiger partial charge >= 0.3 is 0 Å². The maximum Gasteiger partial charge on any atom is 0.272 e. The van der Waals surface area contributed by atoms with Crippen molar-refractivity contribution in [2.24, 2.45) is 0 Å². The molecule has 5 aromatic rings. The van der Waals surface area contributed by atoms with Crippen molar-refractivity contribution in [1.82, 2.24) is 5.32 Å². The van der Waals surface area contributed by atoms with E-state index < -0.39 is 22.9 Å². The zero-order chi connectivity index (χ0) is 32.5. The van der Waals surface area contributed by atoms with Gasteiger partial charge in [-0.05, 0) is 78.4 Å². The molecule has 230 valence electrons. The van der Waals surface area contributed by atoms with Crippen LogP contribution >= 0.6 is 35.0 Å². The molecule has 5 rings (SSSR count). The van der Waals surface area contributed by atoms with Gasteiger partial charge in [0.05, 0.1) is 5.02 Å². The molecule has 6 nitrogen and oxygen atoms in total. The second-order valence-corrected chi connectivity index (χ2v) is 11.9. The summed E-state index contributed by atoms with van der Waals surface area (Å²) in [5, 5.41) is 8.29. The first-order valence-corrected chi connectivity index (χ1v) is 15.6. The average Bonchev–Trinajstić information content (AvgIpc) is 3.06. The zero-order valence-corrected chi connectivity index (χ0v) is 26.4. The monoisotopic (exact) mass is 669 g/mol. The van der Waals surface area contributed by atoms with Gasteiger partial charge in [0.25, 0.3) is 11.8 Å².